The van der Waals surface area contributed by atoms with Crippen LogP contribution in [0.15, 0.2) is 0 Å². The van der Waals surface area contributed by atoms with Gasteiger partial charge in [-0.1, -0.05) is 20.3 Å². The van der Waals surface area contributed by atoms with Crippen LogP contribution < -0.4 is 10.6 Å². The molecule has 1 aliphatic rings. The number of nitrogens with one attached hydrogen (secondary N) is 2. The molecule has 2 unspecified atom stereocenters. The average Bonchev–Trinajstić information content (AvgIpc) is 2.42. The predicted molar refractivity (Wildman–Crippen MR) is 73.7 cm³/mol. The van der Waals surface area contributed by atoms with Crippen molar-refractivity contribution >= 4 is 11.9 Å². The number of hydrogen-bond acceptors (Lipinski definition) is 4. The first-order valence-corrected chi connectivity index (χ1v) is 7.15. The Morgan fingerprint density at radius 1 is 1.37 bits per heavy atom. The number of ether oxygens (including phenoxy) is 1. The Labute approximate surface area is 115 Å². The van der Waals surface area contributed by atoms with E-state index in [0.717, 1.165) is 19.4 Å². The molecule has 110 valence electrons. The predicted octanol–water partition coefficient (Wildman–Crippen LogP) is 1.22. The molecule has 2 N–H and O–H groups in total. The molecular weight excluding hydrogens is 244 g/mol. The first-order chi connectivity index (χ1) is 9.04. The van der Waals surface area contributed by atoms with Gasteiger partial charge in [0.1, 0.15) is 6.04 Å². The van der Waals surface area contributed by atoms with Crippen LogP contribution >= 0.6 is 0 Å². The molecule has 0 saturated carbocycles. The minimum atomic E-state index is -0.545. The summed E-state index contributed by atoms with van der Waals surface area (Å²) in [5.74, 6) is -0.417. The van der Waals surface area contributed by atoms with Gasteiger partial charge in [-0.15, -0.1) is 0 Å². The molecule has 0 aromatic heterocycles. The van der Waals surface area contributed by atoms with Crippen molar-refractivity contribution < 1.29 is 14.3 Å². The molecule has 1 fully saturated rings. The van der Waals surface area contributed by atoms with Crippen LogP contribution in [0.2, 0.25) is 0 Å². The lowest BCUT2D eigenvalue weighted by Crippen LogP contribution is -2.45. The second-order valence-electron chi connectivity index (χ2n) is 5.50. The number of carbonyl (C=O) groups is 2. The fourth-order valence-corrected chi connectivity index (χ4v) is 2.35. The van der Waals surface area contributed by atoms with Gasteiger partial charge < -0.3 is 15.4 Å². The van der Waals surface area contributed by atoms with Gasteiger partial charge in [0.25, 0.3) is 0 Å². The lowest BCUT2D eigenvalue weighted by molar-refractivity contribution is -0.146. The first-order valence-electron chi connectivity index (χ1n) is 7.15. The third-order valence-electron chi connectivity index (χ3n) is 3.57. The average molecular weight is 270 g/mol. The monoisotopic (exact) mass is 270 g/mol. The van der Waals surface area contributed by atoms with Gasteiger partial charge in [0.2, 0.25) is 5.91 Å². The molecule has 1 rings (SSSR count). The van der Waals surface area contributed by atoms with E-state index < -0.39 is 6.04 Å². The van der Waals surface area contributed by atoms with Gasteiger partial charge in [0.15, 0.2) is 0 Å². The number of rotatable bonds is 6. The molecule has 5 nitrogen and oxygen atoms in total. The number of esters is 1. The van der Waals surface area contributed by atoms with Crippen molar-refractivity contribution in [1.82, 2.24) is 10.6 Å². The van der Waals surface area contributed by atoms with E-state index in [-0.39, 0.29) is 17.8 Å². The standard InChI is InChI=1S/C14H26N2O3/c1-10(2)13(14(18)19-3)16-12(17)8-7-11-6-4-5-9-15-11/h10-11,13,15H,4-9H2,1-3H3,(H,16,17). The highest BCUT2D eigenvalue weighted by Gasteiger charge is 2.25. The maximum Gasteiger partial charge on any atom is 0.328 e. The van der Waals surface area contributed by atoms with Gasteiger partial charge in [-0.3, -0.25) is 4.79 Å². The van der Waals surface area contributed by atoms with Crippen LogP contribution in [0.4, 0.5) is 0 Å². The van der Waals surface area contributed by atoms with Gasteiger partial charge in [0, 0.05) is 12.5 Å². The first kappa shape index (κ1) is 16.0. The highest BCUT2D eigenvalue weighted by molar-refractivity contribution is 5.84. The van der Waals surface area contributed by atoms with E-state index in [1.54, 1.807) is 0 Å². The maximum absolute atomic E-state index is 11.9. The van der Waals surface area contributed by atoms with E-state index in [0.29, 0.717) is 12.5 Å². The van der Waals surface area contributed by atoms with Crippen LogP contribution in [-0.4, -0.2) is 37.6 Å². The number of piperidine rings is 1. The third kappa shape index (κ3) is 5.59. The molecule has 1 amide bonds. The zero-order valence-corrected chi connectivity index (χ0v) is 12.2. The molecule has 1 heterocycles. The minimum absolute atomic E-state index is 0.0317. The summed E-state index contributed by atoms with van der Waals surface area (Å²) >= 11 is 0. The summed E-state index contributed by atoms with van der Waals surface area (Å²) in [6.07, 6.45) is 4.88. The minimum Gasteiger partial charge on any atom is -0.467 e. The van der Waals surface area contributed by atoms with Gasteiger partial charge >= 0.3 is 5.97 Å². The quantitative estimate of drug-likeness (QED) is 0.712. The van der Waals surface area contributed by atoms with Crippen LogP contribution in [0.25, 0.3) is 0 Å². The van der Waals surface area contributed by atoms with E-state index in [9.17, 15) is 9.59 Å². The van der Waals surface area contributed by atoms with E-state index in [1.807, 2.05) is 13.8 Å². The Morgan fingerprint density at radius 2 is 2.11 bits per heavy atom. The molecule has 0 aromatic carbocycles. The van der Waals surface area contributed by atoms with Crippen LogP contribution in [0.5, 0.6) is 0 Å². The number of carbonyl (C=O) groups excluding carboxylic acids is 2. The molecule has 2 atom stereocenters. The fourth-order valence-electron chi connectivity index (χ4n) is 2.35. The number of hydrogen-bond donors (Lipinski definition) is 2. The summed E-state index contributed by atoms with van der Waals surface area (Å²) in [7, 11) is 1.34. The van der Waals surface area contributed by atoms with Crippen molar-refractivity contribution in [3.63, 3.8) is 0 Å². The lowest BCUT2D eigenvalue weighted by atomic mass is 10.00. The van der Waals surface area contributed by atoms with Gasteiger partial charge in [-0.05, 0) is 31.7 Å². The molecule has 19 heavy (non-hydrogen) atoms. The largest absolute Gasteiger partial charge is 0.467 e. The molecular formula is C14H26N2O3. The highest BCUT2D eigenvalue weighted by atomic mass is 16.5. The Bertz CT molecular complexity index is 299. The van der Waals surface area contributed by atoms with E-state index in [1.165, 1.54) is 20.0 Å². The SMILES string of the molecule is COC(=O)C(NC(=O)CCC1CCCCN1)C(C)C. The summed E-state index contributed by atoms with van der Waals surface area (Å²) in [6, 6.07) is -0.105. The maximum atomic E-state index is 11.9. The lowest BCUT2D eigenvalue weighted by Gasteiger charge is -2.24. The Morgan fingerprint density at radius 3 is 2.63 bits per heavy atom. The summed E-state index contributed by atoms with van der Waals surface area (Å²) < 4.78 is 4.70. The summed E-state index contributed by atoms with van der Waals surface area (Å²) in [6.45, 7) is 4.83. The van der Waals surface area contributed by atoms with Crippen LogP contribution in [0.3, 0.4) is 0 Å². The molecule has 0 aliphatic carbocycles. The van der Waals surface area contributed by atoms with Crippen molar-refractivity contribution in [2.75, 3.05) is 13.7 Å². The Hall–Kier alpha value is -1.10. The normalized spacial score (nSPS) is 20.9. The molecule has 0 aromatic rings. The molecule has 5 heteroatoms. The van der Waals surface area contributed by atoms with Gasteiger partial charge in [0.05, 0.1) is 7.11 Å². The zero-order chi connectivity index (χ0) is 14.3. The van der Waals surface area contributed by atoms with Crippen LogP contribution in [-0.2, 0) is 14.3 Å². The van der Waals surface area contributed by atoms with Crippen molar-refractivity contribution in [2.45, 2.75) is 58.0 Å². The second kappa shape index (κ2) is 8.15. The Kier molecular flexibility index (Phi) is 6.84. The summed E-state index contributed by atoms with van der Waals surface area (Å²) in [4.78, 5) is 23.4. The van der Waals surface area contributed by atoms with Crippen molar-refractivity contribution in [2.24, 2.45) is 5.92 Å². The van der Waals surface area contributed by atoms with Crippen molar-refractivity contribution in [3.05, 3.63) is 0 Å². The molecule has 0 radical (unpaired) electrons. The number of methoxy groups -OCH3 is 1. The fraction of sp³-hybridized carbons (Fsp3) is 0.857. The molecule has 1 aliphatic heterocycles. The molecule has 0 spiro atoms. The zero-order valence-electron chi connectivity index (χ0n) is 12.2. The van der Waals surface area contributed by atoms with Crippen molar-refractivity contribution in [1.29, 1.82) is 0 Å². The molecule has 1 saturated heterocycles. The van der Waals surface area contributed by atoms with E-state index >= 15 is 0 Å². The number of amides is 1. The van der Waals surface area contributed by atoms with E-state index in [2.05, 4.69) is 10.6 Å². The second-order valence-corrected chi connectivity index (χ2v) is 5.50. The summed E-state index contributed by atoms with van der Waals surface area (Å²) in [5, 5.41) is 6.18. The van der Waals surface area contributed by atoms with Gasteiger partial charge in [-0.25, -0.2) is 4.79 Å². The molecule has 0 bridgehead atoms. The summed E-state index contributed by atoms with van der Waals surface area (Å²) in [5.41, 5.74) is 0. The topological polar surface area (TPSA) is 67.4 Å². The van der Waals surface area contributed by atoms with E-state index in [4.69, 9.17) is 4.74 Å². The third-order valence-corrected chi connectivity index (χ3v) is 3.57. The Balaban J connectivity index is 2.33. The van der Waals surface area contributed by atoms with Crippen LogP contribution in [0, 0.1) is 5.92 Å². The van der Waals surface area contributed by atoms with Gasteiger partial charge in [-0.2, -0.15) is 0 Å². The highest BCUT2D eigenvalue weighted by Crippen LogP contribution is 2.12. The smallest absolute Gasteiger partial charge is 0.328 e. The van der Waals surface area contributed by atoms with Crippen molar-refractivity contribution in [3.8, 4) is 0 Å². The van der Waals surface area contributed by atoms with Crippen LogP contribution in [0.1, 0.15) is 46.0 Å².